The first-order valence-electron chi connectivity index (χ1n) is 6.65. The van der Waals surface area contributed by atoms with Gasteiger partial charge in [-0.3, -0.25) is 9.59 Å². The summed E-state index contributed by atoms with van der Waals surface area (Å²) in [7, 11) is 0. The normalized spacial score (nSPS) is 18.1. The lowest BCUT2D eigenvalue weighted by Gasteiger charge is -2.13. The third-order valence-corrected chi connectivity index (χ3v) is 4.41. The van der Waals surface area contributed by atoms with E-state index in [0.29, 0.717) is 36.0 Å². The lowest BCUT2D eigenvalue weighted by molar-refractivity contribution is -0.121. The number of carbonyl (C=O) groups excluding carboxylic acids is 2. The monoisotopic (exact) mass is 305 g/mol. The summed E-state index contributed by atoms with van der Waals surface area (Å²) in [5.41, 5.74) is 5.66. The summed E-state index contributed by atoms with van der Waals surface area (Å²) in [6.45, 7) is 2.78. The molecule has 21 heavy (non-hydrogen) atoms. The van der Waals surface area contributed by atoms with E-state index in [1.54, 1.807) is 10.3 Å². The fraction of sp³-hybridized carbons (Fsp3) is 0.357. The van der Waals surface area contributed by atoms with E-state index in [1.807, 2.05) is 19.1 Å². The molecule has 2 aromatic rings. The van der Waals surface area contributed by atoms with Gasteiger partial charge in [0, 0.05) is 18.5 Å². The van der Waals surface area contributed by atoms with Gasteiger partial charge in [-0.15, -0.1) is 11.3 Å². The van der Waals surface area contributed by atoms with Crippen molar-refractivity contribution >= 4 is 23.2 Å². The molecule has 3 rings (SSSR count). The molecule has 0 unspecified atom stereocenters. The summed E-state index contributed by atoms with van der Waals surface area (Å²) in [4.78, 5) is 29.5. The van der Waals surface area contributed by atoms with Gasteiger partial charge >= 0.3 is 0 Å². The molecular formula is C14H15N3O3S. The molecule has 2 aromatic heterocycles. The van der Waals surface area contributed by atoms with Crippen LogP contribution in [0.2, 0.25) is 0 Å². The summed E-state index contributed by atoms with van der Waals surface area (Å²) >= 11 is 1.37. The van der Waals surface area contributed by atoms with Gasteiger partial charge in [-0.2, -0.15) is 0 Å². The first-order valence-corrected chi connectivity index (χ1v) is 7.53. The maximum Gasteiger partial charge on any atom is 0.273 e. The van der Waals surface area contributed by atoms with Gasteiger partial charge in [0.15, 0.2) is 10.8 Å². The van der Waals surface area contributed by atoms with Crippen molar-refractivity contribution in [3.8, 4) is 10.8 Å². The first-order chi connectivity index (χ1) is 10.0. The second kappa shape index (κ2) is 5.33. The third-order valence-electron chi connectivity index (χ3n) is 3.55. The lowest BCUT2D eigenvalue weighted by Crippen LogP contribution is -2.31. The van der Waals surface area contributed by atoms with Crippen LogP contribution in [0.5, 0.6) is 0 Å². The summed E-state index contributed by atoms with van der Waals surface area (Å²) in [5.74, 6) is 0.699. The number of rotatable bonds is 3. The maximum absolute atomic E-state index is 12.4. The number of hydrogen-bond acceptors (Lipinski definition) is 5. The van der Waals surface area contributed by atoms with Crippen LogP contribution in [0.4, 0.5) is 0 Å². The minimum Gasteiger partial charge on any atom is -0.459 e. The SMILES string of the molecule is Cc1ccc(-c2nc(C(=O)N3CC[C@H](C(N)=O)C3)cs2)o1. The Balaban J connectivity index is 1.74. The highest BCUT2D eigenvalue weighted by atomic mass is 32.1. The highest BCUT2D eigenvalue weighted by molar-refractivity contribution is 7.13. The topological polar surface area (TPSA) is 89.4 Å². The van der Waals surface area contributed by atoms with E-state index in [4.69, 9.17) is 10.2 Å². The van der Waals surface area contributed by atoms with Crippen LogP contribution in [-0.4, -0.2) is 34.8 Å². The van der Waals surface area contributed by atoms with Gasteiger partial charge in [-0.25, -0.2) is 4.98 Å². The van der Waals surface area contributed by atoms with E-state index < -0.39 is 0 Å². The number of likely N-dealkylation sites (tertiary alicyclic amines) is 1. The summed E-state index contributed by atoms with van der Waals surface area (Å²) < 4.78 is 5.50. The van der Waals surface area contributed by atoms with E-state index in [2.05, 4.69) is 4.98 Å². The number of aromatic nitrogens is 1. The maximum atomic E-state index is 12.4. The van der Waals surface area contributed by atoms with Gasteiger partial charge in [0.25, 0.3) is 5.91 Å². The molecule has 0 spiro atoms. The highest BCUT2D eigenvalue weighted by Gasteiger charge is 2.31. The van der Waals surface area contributed by atoms with Crippen molar-refractivity contribution in [1.82, 2.24) is 9.88 Å². The smallest absolute Gasteiger partial charge is 0.273 e. The predicted octanol–water partition coefficient (Wildman–Crippen LogP) is 1.66. The Bertz CT molecular complexity index is 691. The van der Waals surface area contributed by atoms with Crippen molar-refractivity contribution in [3.05, 3.63) is 29.0 Å². The Hall–Kier alpha value is -2.15. The molecule has 1 aliphatic rings. The van der Waals surface area contributed by atoms with Gasteiger partial charge in [-0.05, 0) is 25.5 Å². The molecule has 110 valence electrons. The molecule has 0 aliphatic carbocycles. The average Bonchev–Trinajstić information content (AvgIpc) is 3.17. The van der Waals surface area contributed by atoms with Crippen molar-refractivity contribution in [3.63, 3.8) is 0 Å². The fourth-order valence-electron chi connectivity index (χ4n) is 2.37. The average molecular weight is 305 g/mol. The molecule has 1 aliphatic heterocycles. The second-order valence-electron chi connectivity index (χ2n) is 5.09. The van der Waals surface area contributed by atoms with Crippen molar-refractivity contribution in [1.29, 1.82) is 0 Å². The molecule has 1 saturated heterocycles. The molecule has 1 atom stereocenters. The molecule has 2 amide bonds. The second-order valence-corrected chi connectivity index (χ2v) is 5.95. The molecule has 0 aromatic carbocycles. The molecule has 6 nitrogen and oxygen atoms in total. The van der Waals surface area contributed by atoms with E-state index >= 15 is 0 Å². The van der Waals surface area contributed by atoms with Crippen LogP contribution < -0.4 is 5.73 Å². The van der Waals surface area contributed by atoms with Crippen LogP contribution in [-0.2, 0) is 4.79 Å². The van der Waals surface area contributed by atoms with Crippen LogP contribution in [0.1, 0.15) is 22.7 Å². The Morgan fingerprint density at radius 1 is 1.48 bits per heavy atom. The number of aryl methyl sites for hydroxylation is 1. The molecule has 0 saturated carbocycles. The number of nitrogens with zero attached hydrogens (tertiary/aromatic N) is 2. The minimum absolute atomic E-state index is 0.162. The number of amides is 2. The molecule has 1 fully saturated rings. The quantitative estimate of drug-likeness (QED) is 0.934. The standard InChI is InChI=1S/C14H15N3O3S/c1-8-2-3-11(20-8)13-16-10(7-21-13)14(19)17-5-4-9(6-17)12(15)18/h2-3,7,9H,4-6H2,1H3,(H2,15,18)/t9-/m0/s1. The number of carbonyl (C=O) groups is 2. The number of primary amides is 1. The molecule has 2 N–H and O–H groups in total. The van der Waals surface area contributed by atoms with E-state index in [0.717, 1.165) is 5.76 Å². The third kappa shape index (κ3) is 2.69. The van der Waals surface area contributed by atoms with Crippen LogP contribution >= 0.6 is 11.3 Å². The van der Waals surface area contributed by atoms with Crippen LogP contribution in [0.25, 0.3) is 10.8 Å². The van der Waals surface area contributed by atoms with Crippen LogP contribution in [0.15, 0.2) is 21.9 Å². The highest BCUT2D eigenvalue weighted by Crippen LogP contribution is 2.27. The van der Waals surface area contributed by atoms with Gasteiger partial charge in [0.2, 0.25) is 5.91 Å². The molecule has 3 heterocycles. The Labute approximate surface area is 125 Å². The number of thiazole rings is 1. The number of nitrogens with two attached hydrogens (primary N) is 1. The van der Waals surface area contributed by atoms with Gasteiger partial charge in [-0.1, -0.05) is 0 Å². The van der Waals surface area contributed by atoms with Crippen molar-refractivity contribution < 1.29 is 14.0 Å². The molecule has 0 bridgehead atoms. The predicted molar refractivity (Wildman–Crippen MR) is 77.8 cm³/mol. The molecule has 7 heteroatoms. The Morgan fingerprint density at radius 3 is 2.90 bits per heavy atom. The van der Waals surface area contributed by atoms with Gasteiger partial charge < -0.3 is 15.1 Å². The lowest BCUT2D eigenvalue weighted by atomic mass is 10.1. The Kier molecular flexibility index (Phi) is 3.50. The van der Waals surface area contributed by atoms with Crippen molar-refractivity contribution in [2.45, 2.75) is 13.3 Å². The van der Waals surface area contributed by atoms with E-state index in [-0.39, 0.29) is 17.7 Å². The zero-order valence-corrected chi connectivity index (χ0v) is 12.4. The molecular weight excluding hydrogens is 290 g/mol. The van der Waals surface area contributed by atoms with Gasteiger partial charge in [0.05, 0.1) is 5.92 Å². The minimum atomic E-state index is -0.352. The largest absolute Gasteiger partial charge is 0.459 e. The summed E-state index contributed by atoms with van der Waals surface area (Å²) in [6.07, 6.45) is 0.620. The zero-order chi connectivity index (χ0) is 15.0. The van der Waals surface area contributed by atoms with Crippen molar-refractivity contribution in [2.75, 3.05) is 13.1 Å². The van der Waals surface area contributed by atoms with E-state index in [1.165, 1.54) is 11.3 Å². The first kappa shape index (κ1) is 13.8. The summed E-state index contributed by atoms with van der Waals surface area (Å²) in [5, 5.41) is 2.39. The fourth-order valence-corrected chi connectivity index (χ4v) is 3.13. The summed E-state index contributed by atoms with van der Waals surface area (Å²) in [6, 6.07) is 3.69. The molecule has 0 radical (unpaired) electrons. The number of hydrogen-bond donors (Lipinski definition) is 1. The Morgan fingerprint density at radius 2 is 2.29 bits per heavy atom. The van der Waals surface area contributed by atoms with E-state index in [9.17, 15) is 9.59 Å². The number of furan rings is 1. The van der Waals surface area contributed by atoms with Gasteiger partial charge in [0.1, 0.15) is 11.5 Å². The van der Waals surface area contributed by atoms with Crippen LogP contribution in [0, 0.1) is 12.8 Å². The zero-order valence-electron chi connectivity index (χ0n) is 11.5. The van der Waals surface area contributed by atoms with Crippen LogP contribution in [0.3, 0.4) is 0 Å². The van der Waals surface area contributed by atoms with Crippen molar-refractivity contribution in [2.24, 2.45) is 11.7 Å².